The highest BCUT2D eigenvalue weighted by Crippen LogP contribution is 2.55. The van der Waals surface area contributed by atoms with Crippen molar-refractivity contribution < 1.29 is 14.4 Å². The predicted molar refractivity (Wildman–Crippen MR) is 102 cm³/mol. The van der Waals surface area contributed by atoms with Crippen LogP contribution in [-0.4, -0.2) is 11.7 Å². The van der Waals surface area contributed by atoms with Crippen LogP contribution in [0.2, 0.25) is 0 Å². The highest BCUT2D eigenvalue weighted by molar-refractivity contribution is 7.78. The molecule has 0 heterocycles. The van der Waals surface area contributed by atoms with Crippen LogP contribution < -0.4 is 15.3 Å². The number of rotatable bonds is 6. The quantitative estimate of drug-likeness (QED) is 0.680. The van der Waals surface area contributed by atoms with Crippen LogP contribution in [0.15, 0.2) is 84.9 Å². The van der Waals surface area contributed by atoms with Crippen molar-refractivity contribution in [3.05, 3.63) is 90.5 Å². The van der Waals surface area contributed by atoms with Crippen molar-refractivity contribution in [2.24, 2.45) is 0 Å². The molecule has 0 radical (unpaired) electrons. The Morgan fingerprint density at radius 3 is 1.76 bits per heavy atom. The normalized spacial score (nSPS) is 12.6. The number of ether oxygens (including phenoxy) is 1. The summed E-state index contributed by atoms with van der Waals surface area (Å²) in [6.07, 6.45) is 0. The molecule has 0 fully saturated rings. The third-order valence-electron chi connectivity index (χ3n) is 4.11. The Kier molecular flexibility index (Phi) is 5.37. The minimum Gasteiger partial charge on any atom is -0.494 e. The zero-order chi connectivity index (χ0) is 17.7. The van der Waals surface area contributed by atoms with Crippen LogP contribution in [0.1, 0.15) is 18.3 Å². The monoisotopic (exact) mass is 352 g/mol. The molecule has 0 aromatic heterocycles. The highest BCUT2D eigenvalue weighted by atomic mass is 31.2. The van der Waals surface area contributed by atoms with Gasteiger partial charge in [0.25, 0.3) is 0 Å². The predicted octanol–water partition coefficient (Wildman–Crippen LogP) is 4.09. The molecule has 0 spiro atoms. The molecule has 3 rings (SSSR count). The van der Waals surface area contributed by atoms with Gasteiger partial charge in [0.05, 0.1) is 6.61 Å². The van der Waals surface area contributed by atoms with Gasteiger partial charge in [-0.25, -0.2) is 0 Å². The van der Waals surface area contributed by atoms with Crippen molar-refractivity contribution in [2.75, 3.05) is 6.61 Å². The molecule has 4 heteroatoms. The first-order chi connectivity index (χ1) is 12.2. The van der Waals surface area contributed by atoms with Crippen LogP contribution in [0.4, 0.5) is 0 Å². The molecule has 3 aromatic carbocycles. The summed E-state index contributed by atoms with van der Waals surface area (Å²) in [6, 6.07) is 25.5. The van der Waals surface area contributed by atoms with Crippen molar-refractivity contribution >= 4 is 17.8 Å². The van der Waals surface area contributed by atoms with E-state index in [1.165, 1.54) is 0 Å². The second-order valence-corrected chi connectivity index (χ2v) is 8.54. The smallest absolute Gasteiger partial charge is 0.174 e. The maximum atomic E-state index is 14.0. The lowest BCUT2D eigenvalue weighted by Crippen LogP contribution is -2.21. The molecular weight excluding hydrogens is 331 g/mol. The Labute approximate surface area is 148 Å². The van der Waals surface area contributed by atoms with E-state index in [9.17, 15) is 9.67 Å². The van der Waals surface area contributed by atoms with E-state index in [4.69, 9.17) is 4.74 Å². The highest BCUT2D eigenvalue weighted by Gasteiger charge is 2.36. The molecule has 128 valence electrons. The Morgan fingerprint density at radius 2 is 1.32 bits per heavy atom. The first kappa shape index (κ1) is 17.5. The summed E-state index contributed by atoms with van der Waals surface area (Å²) in [5.41, 5.74) is 0.611. The molecule has 0 saturated carbocycles. The Bertz CT molecular complexity index is 802. The van der Waals surface area contributed by atoms with Gasteiger partial charge in [-0.2, -0.15) is 0 Å². The number of hydrogen-bond donors (Lipinski definition) is 1. The minimum absolute atomic E-state index is 0.578. The lowest BCUT2D eigenvalue weighted by Gasteiger charge is -2.25. The number of aliphatic hydroxyl groups excluding tert-OH is 1. The largest absolute Gasteiger partial charge is 0.494 e. The van der Waals surface area contributed by atoms with Crippen LogP contribution in [-0.2, 0) is 4.57 Å². The van der Waals surface area contributed by atoms with E-state index >= 15 is 0 Å². The van der Waals surface area contributed by atoms with Gasteiger partial charge in [-0.3, -0.25) is 0 Å². The topological polar surface area (TPSA) is 46.5 Å². The van der Waals surface area contributed by atoms with Crippen LogP contribution in [0.3, 0.4) is 0 Å². The molecule has 0 aliphatic carbocycles. The van der Waals surface area contributed by atoms with Gasteiger partial charge in [-0.05, 0) is 24.6 Å². The molecule has 25 heavy (non-hydrogen) atoms. The van der Waals surface area contributed by atoms with Gasteiger partial charge in [0.1, 0.15) is 11.6 Å². The fourth-order valence-electron chi connectivity index (χ4n) is 2.84. The minimum atomic E-state index is -3.25. The summed E-state index contributed by atoms with van der Waals surface area (Å²) in [5.74, 6) is -0.388. The SMILES string of the molecule is CCOc1ccc(C(O)P(=O)(c2ccccc2)c2ccccc2)cc1. The van der Waals surface area contributed by atoms with Gasteiger partial charge >= 0.3 is 0 Å². The third kappa shape index (κ3) is 3.53. The maximum absolute atomic E-state index is 14.0. The fraction of sp³-hybridized carbons (Fsp3) is 0.143. The van der Waals surface area contributed by atoms with Gasteiger partial charge in [0.2, 0.25) is 0 Å². The Balaban J connectivity index is 2.07. The van der Waals surface area contributed by atoms with Crippen molar-refractivity contribution in [1.29, 1.82) is 0 Å². The fourth-order valence-corrected chi connectivity index (χ4v) is 5.53. The zero-order valence-electron chi connectivity index (χ0n) is 14.1. The number of benzene rings is 3. The first-order valence-electron chi connectivity index (χ1n) is 8.28. The average molecular weight is 352 g/mol. The van der Waals surface area contributed by atoms with Crippen LogP contribution in [0, 0.1) is 0 Å². The van der Waals surface area contributed by atoms with Crippen LogP contribution in [0.25, 0.3) is 0 Å². The lowest BCUT2D eigenvalue weighted by atomic mass is 10.2. The molecule has 0 amide bonds. The summed E-state index contributed by atoms with van der Waals surface area (Å²) >= 11 is 0. The summed E-state index contributed by atoms with van der Waals surface area (Å²) in [7, 11) is -3.25. The molecule has 0 aliphatic rings. The number of aliphatic hydroxyl groups is 1. The van der Waals surface area contributed by atoms with Crippen molar-refractivity contribution in [3.63, 3.8) is 0 Å². The van der Waals surface area contributed by atoms with Crippen LogP contribution in [0.5, 0.6) is 5.75 Å². The van der Waals surface area contributed by atoms with Crippen molar-refractivity contribution in [3.8, 4) is 5.75 Å². The first-order valence-corrected chi connectivity index (χ1v) is 10.1. The summed E-state index contributed by atoms with van der Waals surface area (Å²) < 4.78 is 19.5. The van der Waals surface area contributed by atoms with Gasteiger partial charge in [-0.15, -0.1) is 0 Å². The maximum Gasteiger partial charge on any atom is 0.174 e. The van der Waals surface area contributed by atoms with Crippen LogP contribution >= 0.6 is 7.14 Å². The van der Waals surface area contributed by atoms with E-state index in [0.29, 0.717) is 22.8 Å². The third-order valence-corrected chi connectivity index (χ3v) is 7.23. The molecule has 1 unspecified atom stereocenters. The standard InChI is InChI=1S/C21H21O3P/c1-2-24-18-15-13-17(14-16-18)21(22)25(23,19-9-5-3-6-10-19)20-11-7-4-8-12-20/h3-16,21-22H,2H2,1H3. The second-order valence-electron chi connectivity index (χ2n) is 5.70. The molecular formula is C21H21O3P. The Morgan fingerprint density at radius 1 is 0.840 bits per heavy atom. The van der Waals surface area contributed by atoms with Gasteiger partial charge < -0.3 is 14.4 Å². The van der Waals surface area contributed by atoms with E-state index in [0.717, 1.165) is 5.75 Å². The summed E-state index contributed by atoms with van der Waals surface area (Å²) in [5, 5.41) is 12.3. The molecule has 3 aromatic rings. The summed E-state index contributed by atoms with van der Waals surface area (Å²) in [6.45, 7) is 2.50. The average Bonchev–Trinajstić information content (AvgIpc) is 2.69. The van der Waals surface area contributed by atoms with Gasteiger partial charge in [-0.1, -0.05) is 72.8 Å². The van der Waals surface area contributed by atoms with Crippen molar-refractivity contribution in [2.45, 2.75) is 12.8 Å². The molecule has 0 aliphatic heterocycles. The molecule has 0 saturated heterocycles. The van der Waals surface area contributed by atoms with Gasteiger partial charge in [0, 0.05) is 10.6 Å². The van der Waals surface area contributed by atoms with E-state index in [1.54, 1.807) is 24.3 Å². The van der Waals surface area contributed by atoms with E-state index in [-0.39, 0.29) is 0 Å². The van der Waals surface area contributed by atoms with Gasteiger partial charge in [0.15, 0.2) is 7.14 Å². The number of hydrogen-bond acceptors (Lipinski definition) is 3. The van der Waals surface area contributed by atoms with E-state index in [1.807, 2.05) is 67.6 Å². The molecule has 0 bridgehead atoms. The Hall–Kier alpha value is -2.35. The second kappa shape index (κ2) is 7.69. The summed E-state index contributed by atoms with van der Waals surface area (Å²) in [4.78, 5) is 0. The molecule has 1 N–H and O–H groups in total. The molecule has 1 atom stereocenters. The lowest BCUT2D eigenvalue weighted by molar-refractivity contribution is 0.256. The van der Waals surface area contributed by atoms with E-state index in [2.05, 4.69) is 0 Å². The van der Waals surface area contributed by atoms with E-state index < -0.39 is 13.0 Å². The van der Waals surface area contributed by atoms with Crippen molar-refractivity contribution in [1.82, 2.24) is 0 Å². The zero-order valence-corrected chi connectivity index (χ0v) is 15.0. The molecule has 3 nitrogen and oxygen atoms in total.